The minimum Gasteiger partial charge on any atom is -0.398 e. The van der Waals surface area contributed by atoms with E-state index in [1.165, 1.54) is 6.07 Å². The van der Waals surface area contributed by atoms with Gasteiger partial charge in [-0.3, -0.25) is 0 Å². The molecule has 0 aliphatic heterocycles. The summed E-state index contributed by atoms with van der Waals surface area (Å²) >= 11 is 4.41. The molecule has 0 amide bonds. The van der Waals surface area contributed by atoms with Gasteiger partial charge in [0, 0.05) is 15.1 Å². The predicted molar refractivity (Wildman–Crippen MR) is 69.0 cm³/mol. The molecule has 2 aromatic carbocycles. The fourth-order valence-electron chi connectivity index (χ4n) is 1.30. The quantitative estimate of drug-likeness (QED) is 0.828. The van der Waals surface area contributed by atoms with Crippen molar-refractivity contribution in [1.82, 2.24) is 0 Å². The zero-order valence-electron chi connectivity index (χ0n) is 8.58. The summed E-state index contributed by atoms with van der Waals surface area (Å²) in [6.07, 6.45) is 0. The Balaban J connectivity index is 2.39. The molecule has 0 radical (unpaired) electrons. The Kier molecular flexibility index (Phi) is 3.69. The maximum Gasteiger partial charge on any atom is 0.174 e. The van der Waals surface area contributed by atoms with Gasteiger partial charge in [-0.15, -0.1) is 0 Å². The largest absolute Gasteiger partial charge is 0.398 e. The molecule has 0 aliphatic carbocycles. The molecule has 0 saturated heterocycles. The second-order valence-corrected chi connectivity index (χ2v) is 5.34. The third-order valence-electron chi connectivity index (χ3n) is 2.10. The highest BCUT2D eigenvalue weighted by Crippen LogP contribution is 2.35. The van der Waals surface area contributed by atoms with Crippen molar-refractivity contribution in [3.05, 3.63) is 52.5 Å². The van der Waals surface area contributed by atoms with E-state index in [1.54, 1.807) is 6.07 Å². The van der Waals surface area contributed by atoms with E-state index < -0.39 is 11.6 Å². The highest BCUT2D eigenvalue weighted by Gasteiger charge is 2.13. The van der Waals surface area contributed by atoms with Crippen LogP contribution in [0, 0.1) is 11.6 Å². The maximum absolute atomic E-state index is 13.6. The van der Waals surface area contributed by atoms with Gasteiger partial charge in [0.1, 0.15) is 0 Å². The topological polar surface area (TPSA) is 26.0 Å². The summed E-state index contributed by atoms with van der Waals surface area (Å²) in [5, 5.41) is 0. The third kappa shape index (κ3) is 2.79. The van der Waals surface area contributed by atoms with Crippen LogP contribution in [0.25, 0.3) is 0 Å². The van der Waals surface area contributed by atoms with E-state index >= 15 is 0 Å². The van der Waals surface area contributed by atoms with Crippen molar-refractivity contribution in [3.63, 3.8) is 0 Å². The van der Waals surface area contributed by atoms with Gasteiger partial charge in [-0.05, 0) is 30.3 Å². The first-order valence-corrected chi connectivity index (χ1v) is 6.36. The van der Waals surface area contributed by atoms with Crippen LogP contribution in [-0.4, -0.2) is 0 Å². The van der Waals surface area contributed by atoms with Gasteiger partial charge in [0.15, 0.2) is 11.6 Å². The average molecular weight is 316 g/mol. The van der Waals surface area contributed by atoms with Crippen LogP contribution < -0.4 is 5.73 Å². The van der Waals surface area contributed by atoms with E-state index in [1.807, 2.05) is 18.2 Å². The molecule has 2 rings (SSSR count). The molecule has 0 unspecified atom stereocenters. The SMILES string of the molecule is Nc1ccc(F)c(F)c1Sc1cccc(Br)c1. The van der Waals surface area contributed by atoms with Gasteiger partial charge in [0.05, 0.1) is 4.90 Å². The van der Waals surface area contributed by atoms with Crippen LogP contribution in [0.3, 0.4) is 0 Å². The Hall–Kier alpha value is -1.07. The first-order chi connectivity index (χ1) is 8.08. The second-order valence-electron chi connectivity index (χ2n) is 3.34. The Morgan fingerprint density at radius 2 is 1.88 bits per heavy atom. The van der Waals surface area contributed by atoms with E-state index in [0.717, 1.165) is 27.2 Å². The van der Waals surface area contributed by atoms with Crippen LogP contribution in [0.4, 0.5) is 14.5 Å². The zero-order valence-corrected chi connectivity index (χ0v) is 11.0. The van der Waals surface area contributed by atoms with Gasteiger partial charge in [-0.1, -0.05) is 33.8 Å². The number of nitrogen functional groups attached to an aromatic ring is 1. The molecule has 0 atom stereocenters. The molecule has 0 aliphatic rings. The molecule has 0 saturated carbocycles. The van der Waals surface area contributed by atoms with Crippen molar-refractivity contribution in [1.29, 1.82) is 0 Å². The van der Waals surface area contributed by atoms with E-state index in [0.29, 0.717) is 0 Å². The van der Waals surface area contributed by atoms with Crippen LogP contribution in [0.5, 0.6) is 0 Å². The monoisotopic (exact) mass is 315 g/mol. The van der Waals surface area contributed by atoms with E-state index in [-0.39, 0.29) is 10.6 Å². The van der Waals surface area contributed by atoms with Crippen LogP contribution in [0.1, 0.15) is 0 Å². The lowest BCUT2D eigenvalue weighted by Crippen LogP contribution is -1.95. The molecule has 17 heavy (non-hydrogen) atoms. The van der Waals surface area contributed by atoms with E-state index in [4.69, 9.17) is 5.73 Å². The molecular weight excluding hydrogens is 308 g/mol. The lowest BCUT2D eigenvalue weighted by molar-refractivity contribution is 0.492. The Bertz CT molecular complexity index is 560. The third-order valence-corrected chi connectivity index (χ3v) is 3.70. The Morgan fingerprint density at radius 1 is 1.12 bits per heavy atom. The number of halogens is 3. The van der Waals surface area contributed by atoms with Crippen molar-refractivity contribution in [2.75, 3.05) is 5.73 Å². The lowest BCUT2D eigenvalue weighted by atomic mass is 10.3. The fraction of sp³-hybridized carbons (Fsp3) is 0. The summed E-state index contributed by atoms with van der Waals surface area (Å²) < 4.78 is 27.5. The first-order valence-electron chi connectivity index (χ1n) is 4.75. The molecule has 1 nitrogen and oxygen atoms in total. The molecule has 2 N–H and O–H groups in total. The Labute approximate surface area is 110 Å². The minimum absolute atomic E-state index is 0.114. The van der Waals surface area contributed by atoms with Gasteiger partial charge in [0.2, 0.25) is 0 Å². The highest BCUT2D eigenvalue weighted by atomic mass is 79.9. The number of rotatable bonds is 2. The average Bonchev–Trinajstić information content (AvgIpc) is 2.30. The van der Waals surface area contributed by atoms with Crippen molar-refractivity contribution >= 4 is 33.4 Å². The molecule has 88 valence electrons. The van der Waals surface area contributed by atoms with Crippen molar-refractivity contribution in [3.8, 4) is 0 Å². The predicted octanol–water partition coefficient (Wildman–Crippen LogP) is 4.46. The number of nitrogens with two attached hydrogens (primary N) is 1. The molecule has 0 fully saturated rings. The van der Waals surface area contributed by atoms with Crippen molar-refractivity contribution in [2.24, 2.45) is 0 Å². The summed E-state index contributed by atoms with van der Waals surface area (Å²) in [5.41, 5.74) is 5.87. The van der Waals surface area contributed by atoms with Gasteiger partial charge in [0.25, 0.3) is 0 Å². The molecular formula is C12H8BrF2NS. The van der Waals surface area contributed by atoms with Gasteiger partial charge < -0.3 is 5.73 Å². The van der Waals surface area contributed by atoms with Gasteiger partial charge in [-0.2, -0.15) is 0 Å². The van der Waals surface area contributed by atoms with Gasteiger partial charge in [-0.25, -0.2) is 8.78 Å². The summed E-state index contributed by atoms with van der Waals surface area (Å²) in [4.78, 5) is 0.902. The summed E-state index contributed by atoms with van der Waals surface area (Å²) in [5.74, 6) is -1.80. The zero-order chi connectivity index (χ0) is 12.4. The van der Waals surface area contributed by atoms with E-state index in [9.17, 15) is 8.78 Å². The normalized spacial score (nSPS) is 10.5. The minimum atomic E-state index is -0.907. The number of anilines is 1. The molecule has 0 heterocycles. The standard InChI is InChI=1S/C12H8BrF2NS/c13-7-2-1-3-8(6-7)17-12-10(16)5-4-9(14)11(12)15/h1-6H,16H2. The summed E-state index contributed by atoms with van der Waals surface area (Å²) in [7, 11) is 0. The molecule has 0 aromatic heterocycles. The molecule has 2 aromatic rings. The number of hydrogen-bond acceptors (Lipinski definition) is 2. The molecule has 0 spiro atoms. The molecule has 0 bridgehead atoms. The van der Waals surface area contributed by atoms with Crippen LogP contribution >= 0.6 is 27.7 Å². The van der Waals surface area contributed by atoms with Crippen LogP contribution in [0.15, 0.2) is 50.7 Å². The van der Waals surface area contributed by atoms with Crippen LogP contribution in [-0.2, 0) is 0 Å². The van der Waals surface area contributed by atoms with Crippen LogP contribution in [0.2, 0.25) is 0 Å². The van der Waals surface area contributed by atoms with Crippen molar-refractivity contribution in [2.45, 2.75) is 9.79 Å². The summed E-state index contributed by atoms with van der Waals surface area (Å²) in [6.45, 7) is 0. The lowest BCUT2D eigenvalue weighted by Gasteiger charge is -2.07. The smallest absolute Gasteiger partial charge is 0.174 e. The first kappa shape index (κ1) is 12.4. The maximum atomic E-state index is 13.6. The Morgan fingerprint density at radius 3 is 2.59 bits per heavy atom. The second kappa shape index (κ2) is 5.06. The van der Waals surface area contributed by atoms with E-state index in [2.05, 4.69) is 15.9 Å². The van der Waals surface area contributed by atoms with Crippen molar-refractivity contribution < 1.29 is 8.78 Å². The number of hydrogen-bond donors (Lipinski definition) is 1. The van der Waals surface area contributed by atoms with Gasteiger partial charge >= 0.3 is 0 Å². The summed E-state index contributed by atoms with van der Waals surface area (Å²) in [6, 6.07) is 9.68. The fourth-order valence-corrected chi connectivity index (χ4v) is 2.79. The number of benzene rings is 2. The highest BCUT2D eigenvalue weighted by molar-refractivity contribution is 9.10. The molecule has 5 heteroatoms.